The third-order valence-electron chi connectivity index (χ3n) is 3.55. The number of benzene rings is 1. The summed E-state index contributed by atoms with van der Waals surface area (Å²) >= 11 is 0. The molecule has 0 spiro atoms. The zero-order valence-electron chi connectivity index (χ0n) is 12.8. The first-order chi connectivity index (χ1) is 9.97. The van der Waals surface area contributed by atoms with Crippen molar-refractivity contribution in [2.24, 2.45) is 0 Å². The van der Waals surface area contributed by atoms with Gasteiger partial charge in [-0.3, -0.25) is 4.90 Å². The van der Waals surface area contributed by atoms with Crippen LogP contribution in [-0.4, -0.2) is 48.5 Å². The topological polar surface area (TPSA) is 65.7 Å². The van der Waals surface area contributed by atoms with E-state index >= 15 is 0 Å². The molecule has 0 aromatic heterocycles. The molecule has 1 unspecified atom stereocenters. The van der Waals surface area contributed by atoms with E-state index in [1.54, 1.807) is 7.11 Å². The molecule has 5 nitrogen and oxygen atoms in total. The number of rotatable bonds is 4. The van der Waals surface area contributed by atoms with E-state index in [2.05, 4.69) is 11.0 Å². The van der Waals surface area contributed by atoms with E-state index in [0.717, 1.165) is 18.7 Å². The number of morpholine rings is 1. The average Bonchev–Trinajstić information content (AvgIpc) is 2.45. The molecule has 0 bridgehead atoms. The summed E-state index contributed by atoms with van der Waals surface area (Å²) in [6, 6.07) is 7.80. The second kappa shape index (κ2) is 6.44. The fourth-order valence-corrected chi connectivity index (χ4v) is 2.83. The third kappa shape index (κ3) is 3.94. The number of aliphatic hydroxyl groups excluding tert-OH is 1. The van der Waals surface area contributed by atoms with E-state index in [0.29, 0.717) is 17.9 Å². The Kier molecular flexibility index (Phi) is 4.84. The lowest BCUT2D eigenvalue weighted by molar-refractivity contribution is -0.150. The van der Waals surface area contributed by atoms with Crippen LogP contribution in [0.3, 0.4) is 0 Å². The summed E-state index contributed by atoms with van der Waals surface area (Å²) in [7, 11) is 1.56. The minimum Gasteiger partial charge on any atom is -0.495 e. The highest BCUT2D eigenvalue weighted by atomic mass is 16.5. The molecule has 2 rings (SSSR count). The van der Waals surface area contributed by atoms with E-state index in [9.17, 15) is 5.11 Å². The van der Waals surface area contributed by atoms with Crippen molar-refractivity contribution >= 4 is 0 Å². The Bertz CT molecular complexity index is 537. The zero-order chi connectivity index (χ0) is 15.5. The van der Waals surface area contributed by atoms with Crippen LogP contribution in [0.5, 0.6) is 5.75 Å². The Hall–Kier alpha value is -1.61. The summed E-state index contributed by atoms with van der Waals surface area (Å²) < 4.78 is 11.0. The lowest BCUT2D eigenvalue weighted by Gasteiger charge is -2.42. The number of methoxy groups -OCH3 is 1. The zero-order valence-corrected chi connectivity index (χ0v) is 12.8. The van der Waals surface area contributed by atoms with Gasteiger partial charge in [0.15, 0.2) is 0 Å². The molecule has 21 heavy (non-hydrogen) atoms. The highest BCUT2D eigenvalue weighted by molar-refractivity contribution is 5.45. The molecule has 5 heteroatoms. The van der Waals surface area contributed by atoms with Crippen molar-refractivity contribution in [1.29, 1.82) is 5.26 Å². The predicted molar refractivity (Wildman–Crippen MR) is 79.0 cm³/mol. The summed E-state index contributed by atoms with van der Waals surface area (Å²) in [6.45, 7) is 6.27. The number of nitriles is 1. The lowest BCUT2D eigenvalue weighted by atomic mass is 10.0. The number of hydrogen-bond donors (Lipinski definition) is 1. The van der Waals surface area contributed by atoms with Gasteiger partial charge in [0.1, 0.15) is 11.8 Å². The summed E-state index contributed by atoms with van der Waals surface area (Å²) in [5.41, 5.74) is 1.32. The van der Waals surface area contributed by atoms with Crippen molar-refractivity contribution in [2.75, 3.05) is 26.8 Å². The molecule has 1 aromatic carbocycles. The van der Waals surface area contributed by atoms with Gasteiger partial charge in [-0.25, -0.2) is 0 Å². The molecule has 1 N–H and O–H groups in total. The standard InChI is InChI=1S/C16H22N2O3/c1-16(2)11-18(9-14(10-19)21-16)8-12-4-5-15(20-3)13(6-12)7-17/h4-6,14,19H,8-11H2,1-3H3. The second-order valence-corrected chi connectivity index (χ2v) is 6.00. The first-order valence-electron chi connectivity index (χ1n) is 7.05. The molecule has 1 heterocycles. The summed E-state index contributed by atoms with van der Waals surface area (Å²) in [4.78, 5) is 2.24. The van der Waals surface area contributed by atoms with Crippen molar-refractivity contribution in [3.05, 3.63) is 29.3 Å². The Morgan fingerprint density at radius 1 is 1.52 bits per heavy atom. The quantitative estimate of drug-likeness (QED) is 0.911. The third-order valence-corrected chi connectivity index (χ3v) is 3.55. The van der Waals surface area contributed by atoms with Crippen LogP contribution in [-0.2, 0) is 11.3 Å². The Balaban J connectivity index is 2.12. The largest absolute Gasteiger partial charge is 0.495 e. The van der Waals surface area contributed by atoms with Gasteiger partial charge >= 0.3 is 0 Å². The molecule has 0 saturated carbocycles. The van der Waals surface area contributed by atoms with Crippen molar-refractivity contribution in [1.82, 2.24) is 4.90 Å². The highest BCUT2D eigenvalue weighted by Gasteiger charge is 2.32. The van der Waals surface area contributed by atoms with Crippen molar-refractivity contribution in [3.63, 3.8) is 0 Å². The molecule has 1 saturated heterocycles. The molecular formula is C16H22N2O3. The Morgan fingerprint density at radius 3 is 2.90 bits per heavy atom. The van der Waals surface area contributed by atoms with Gasteiger partial charge in [-0.1, -0.05) is 6.07 Å². The number of hydrogen-bond acceptors (Lipinski definition) is 5. The van der Waals surface area contributed by atoms with Gasteiger partial charge in [0.2, 0.25) is 0 Å². The summed E-state index contributed by atoms with van der Waals surface area (Å²) in [5, 5.41) is 18.5. The summed E-state index contributed by atoms with van der Waals surface area (Å²) in [6.07, 6.45) is -0.164. The fourth-order valence-electron chi connectivity index (χ4n) is 2.83. The van der Waals surface area contributed by atoms with E-state index in [1.165, 1.54) is 0 Å². The minimum atomic E-state index is -0.282. The highest BCUT2D eigenvalue weighted by Crippen LogP contribution is 2.24. The van der Waals surface area contributed by atoms with E-state index in [4.69, 9.17) is 14.7 Å². The number of aliphatic hydroxyl groups is 1. The van der Waals surface area contributed by atoms with Crippen LogP contribution >= 0.6 is 0 Å². The Labute approximate surface area is 125 Å². The van der Waals surface area contributed by atoms with Crippen LogP contribution in [0.15, 0.2) is 18.2 Å². The van der Waals surface area contributed by atoms with Crippen LogP contribution in [0, 0.1) is 11.3 Å². The lowest BCUT2D eigenvalue weighted by Crippen LogP contribution is -2.53. The Morgan fingerprint density at radius 2 is 2.29 bits per heavy atom. The molecule has 1 atom stereocenters. The predicted octanol–water partition coefficient (Wildman–Crippen LogP) is 1.54. The van der Waals surface area contributed by atoms with Crippen LogP contribution in [0.2, 0.25) is 0 Å². The molecule has 0 radical (unpaired) electrons. The fraction of sp³-hybridized carbons (Fsp3) is 0.562. The molecule has 0 aliphatic carbocycles. The van der Waals surface area contributed by atoms with Crippen molar-refractivity contribution in [2.45, 2.75) is 32.1 Å². The SMILES string of the molecule is COc1ccc(CN2CC(CO)OC(C)(C)C2)cc1C#N. The van der Waals surface area contributed by atoms with E-state index in [-0.39, 0.29) is 18.3 Å². The molecule has 1 aromatic rings. The minimum absolute atomic E-state index is 0.0198. The molecule has 0 amide bonds. The van der Waals surface area contributed by atoms with Gasteiger partial charge in [0.25, 0.3) is 0 Å². The smallest absolute Gasteiger partial charge is 0.136 e. The van der Waals surface area contributed by atoms with Crippen molar-refractivity contribution < 1.29 is 14.6 Å². The van der Waals surface area contributed by atoms with Crippen LogP contribution in [0.25, 0.3) is 0 Å². The molecular weight excluding hydrogens is 268 g/mol. The van der Waals surface area contributed by atoms with Gasteiger partial charge in [-0.15, -0.1) is 0 Å². The molecule has 1 fully saturated rings. The van der Waals surface area contributed by atoms with Gasteiger partial charge in [0, 0.05) is 19.6 Å². The maximum atomic E-state index is 9.35. The second-order valence-electron chi connectivity index (χ2n) is 6.00. The summed E-state index contributed by atoms with van der Waals surface area (Å²) in [5.74, 6) is 0.594. The number of ether oxygens (including phenoxy) is 2. The maximum Gasteiger partial charge on any atom is 0.136 e. The molecule has 114 valence electrons. The van der Waals surface area contributed by atoms with Crippen LogP contribution in [0.4, 0.5) is 0 Å². The van der Waals surface area contributed by atoms with Gasteiger partial charge < -0.3 is 14.6 Å². The van der Waals surface area contributed by atoms with Gasteiger partial charge in [0.05, 0.1) is 31.0 Å². The van der Waals surface area contributed by atoms with Crippen molar-refractivity contribution in [3.8, 4) is 11.8 Å². The first kappa shape index (κ1) is 15.8. The van der Waals surface area contributed by atoms with Gasteiger partial charge in [-0.2, -0.15) is 5.26 Å². The molecule has 1 aliphatic heterocycles. The maximum absolute atomic E-state index is 9.35. The van der Waals surface area contributed by atoms with Gasteiger partial charge in [-0.05, 0) is 31.5 Å². The average molecular weight is 290 g/mol. The number of nitrogens with zero attached hydrogens (tertiary/aromatic N) is 2. The van der Waals surface area contributed by atoms with E-state index < -0.39 is 0 Å². The molecule has 1 aliphatic rings. The monoisotopic (exact) mass is 290 g/mol. The van der Waals surface area contributed by atoms with Crippen LogP contribution in [0.1, 0.15) is 25.0 Å². The van der Waals surface area contributed by atoms with E-state index in [1.807, 2.05) is 32.0 Å². The first-order valence-corrected chi connectivity index (χ1v) is 7.05. The normalized spacial score (nSPS) is 21.8. The van der Waals surface area contributed by atoms with Crippen LogP contribution < -0.4 is 4.74 Å².